The molecule has 0 radical (unpaired) electrons. The highest BCUT2D eigenvalue weighted by atomic mass is 79.9. The van der Waals surface area contributed by atoms with E-state index in [1.807, 2.05) is 6.92 Å². The Morgan fingerprint density at radius 1 is 1.18 bits per heavy atom. The molecule has 0 atom stereocenters. The molecule has 8 heteroatoms. The maximum Gasteiger partial charge on any atom is 0.271 e. The predicted molar refractivity (Wildman–Crippen MR) is 81.1 cm³/mol. The SMILES string of the molecule is Cc1ccc(S(=O)(=O)n2c(F)c(Br)c3cc(F)cnc32)cc1. The fourth-order valence-corrected chi connectivity index (χ4v) is 4.04. The first-order valence-corrected chi connectivity index (χ1v) is 8.39. The first-order chi connectivity index (χ1) is 10.3. The minimum Gasteiger partial charge on any atom is -0.234 e. The number of hydrogen-bond acceptors (Lipinski definition) is 3. The summed E-state index contributed by atoms with van der Waals surface area (Å²) in [6, 6.07) is 7.01. The lowest BCUT2D eigenvalue weighted by Crippen LogP contribution is -2.15. The van der Waals surface area contributed by atoms with Gasteiger partial charge in [-0.3, -0.25) is 0 Å². The summed E-state index contributed by atoms with van der Waals surface area (Å²) in [6.07, 6.45) is 0.843. The molecule has 3 aromatic rings. The number of hydrogen-bond donors (Lipinski definition) is 0. The zero-order chi connectivity index (χ0) is 16.1. The van der Waals surface area contributed by atoms with Crippen molar-refractivity contribution in [3.63, 3.8) is 0 Å². The third-order valence-corrected chi connectivity index (χ3v) is 5.62. The molecule has 0 unspecified atom stereocenters. The molecule has 0 aliphatic carbocycles. The number of pyridine rings is 1. The monoisotopic (exact) mass is 386 g/mol. The maximum absolute atomic E-state index is 14.4. The van der Waals surface area contributed by atoms with Gasteiger partial charge in [0, 0.05) is 5.39 Å². The second-order valence-electron chi connectivity index (χ2n) is 4.71. The largest absolute Gasteiger partial charge is 0.271 e. The third kappa shape index (κ3) is 2.22. The molecule has 0 fully saturated rings. The van der Waals surface area contributed by atoms with Crippen LogP contribution >= 0.6 is 15.9 Å². The van der Waals surface area contributed by atoms with Gasteiger partial charge in [-0.2, -0.15) is 8.36 Å². The number of halogens is 3. The Kier molecular flexibility index (Phi) is 3.53. The van der Waals surface area contributed by atoms with E-state index in [-0.39, 0.29) is 20.4 Å². The van der Waals surface area contributed by atoms with Crippen LogP contribution in [0.5, 0.6) is 0 Å². The average molecular weight is 387 g/mol. The van der Waals surface area contributed by atoms with E-state index in [4.69, 9.17) is 0 Å². The van der Waals surface area contributed by atoms with Crippen LogP contribution < -0.4 is 0 Å². The van der Waals surface area contributed by atoms with Gasteiger partial charge >= 0.3 is 0 Å². The minimum atomic E-state index is -4.18. The van der Waals surface area contributed by atoms with E-state index in [0.717, 1.165) is 17.8 Å². The van der Waals surface area contributed by atoms with Crippen molar-refractivity contribution in [3.8, 4) is 0 Å². The van der Waals surface area contributed by atoms with Gasteiger partial charge in [0.15, 0.2) is 5.65 Å². The topological polar surface area (TPSA) is 52.0 Å². The van der Waals surface area contributed by atoms with Crippen LogP contribution in [0, 0.1) is 18.7 Å². The number of benzene rings is 1. The Balaban J connectivity index is 2.34. The zero-order valence-corrected chi connectivity index (χ0v) is 13.6. The molecule has 2 heterocycles. The lowest BCUT2D eigenvalue weighted by Gasteiger charge is -2.07. The van der Waals surface area contributed by atoms with Crippen molar-refractivity contribution in [2.75, 3.05) is 0 Å². The molecular formula is C14H9BrF2N2O2S. The zero-order valence-electron chi connectivity index (χ0n) is 11.2. The summed E-state index contributed by atoms with van der Waals surface area (Å²) in [4.78, 5) is 3.63. The molecule has 0 saturated carbocycles. The van der Waals surface area contributed by atoms with Crippen molar-refractivity contribution in [3.05, 3.63) is 58.3 Å². The average Bonchev–Trinajstić information content (AvgIpc) is 2.72. The summed E-state index contributed by atoms with van der Waals surface area (Å²) >= 11 is 2.95. The van der Waals surface area contributed by atoms with Crippen LogP contribution in [-0.2, 0) is 10.0 Å². The van der Waals surface area contributed by atoms with Gasteiger partial charge in [-0.15, -0.1) is 0 Å². The highest BCUT2D eigenvalue weighted by Crippen LogP contribution is 2.32. The van der Waals surface area contributed by atoms with Crippen LogP contribution in [-0.4, -0.2) is 17.4 Å². The molecule has 0 aliphatic rings. The van der Waals surface area contributed by atoms with Crippen molar-refractivity contribution in [2.45, 2.75) is 11.8 Å². The van der Waals surface area contributed by atoms with Gasteiger partial charge in [0.1, 0.15) is 5.82 Å². The molecule has 0 saturated heterocycles. The van der Waals surface area contributed by atoms with Crippen LogP contribution in [0.4, 0.5) is 8.78 Å². The van der Waals surface area contributed by atoms with Gasteiger partial charge in [-0.25, -0.2) is 17.8 Å². The fraction of sp³-hybridized carbons (Fsp3) is 0.0714. The number of aromatic nitrogens is 2. The van der Waals surface area contributed by atoms with Crippen LogP contribution in [0.3, 0.4) is 0 Å². The summed E-state index contributed by atoms with van der Waals surface area (Å²) < 4.78 is 53.3. The molecule has 0 bridgehead atoms. The Morgan fingerprint density at radius 2 is 1.82 bits per heavy atom. The highest BCUT2D eigenvalue weighted by molar-refractivity contribution is 9.10. The van der Waals surface area contributed by atoms with Crippen molar-refractivity contribution in [1.29, 1.82) is 0 Å². The van der Waals surface area contributed by atoms with E-state index in [0.29, 0.717) is 3.97 Å². The second kappa shape index (κ2) is 5.13. The van der Waals surface area contributed by atoms with E-state index < -0.39 is 21.8 Å². The normalized spacial score (nSPS) is 12.0. The van der Waals surface area contributed by atoms with Crippen molar-refractivity contribution in [1.82, 2.24) is 8.96 Å². The first-order valence-electron chi connectivity index (χ1n) is 6.15. The maximum atomic E-state index is 14.4. The molecule has 0 amide bonds. The quantitative estimate of drug-likeness (QED) is 0.675. The third-order valence-electron chi connectivity index (χ3n) is 3.18. The van der Waals surface area contributed by atoms with Gasteiger partial charge in [0.05, 0.1) is 15.6 Å². The molecule has 0 N–H and O–H groups in total. The lowest BCUT2D eigenvalue weighted by molar-refractivity contribution is 0.541. The van der Waals surface area contributed by atoms with E-state index in [1.54, 1.807) is 12.1 Å². The van der Waals surface area contributed by atoms with E-state index in [2.05, 4.69) is 20.9 Å². The Morgan fingerprint density at radius 3 is 2.45 bits per heavy atom. The second-order valence-corrected chi connectivity index (χ2v) is 7.29. The molecule has 1 aromatic carbocycles. The highest BCUT2D eigenvalue weighted by Gasteiger charge is 2.27. The van der Waals surface area contributed by atoms with Crippen LogP contribution in [0.15, 0.2) is 45.9 Å². The minimum absolute atomic E-state index is 0.0492. The molecule has 114 valence electrons. The first kappa shape index (κ1) is 15.1. The van der Waals surface area contributed by atoms with Gasteiger partial charge in [-0.05, 0) is 41.1 Å². The van der Waals surface area contributed by atoms with Gasteiger partial charge < -0.3 is 0 Å². The molecule has 0 aliphatic heterocycles. The van der Waals surface area contributed by atoms with Gasteiger partial charge in [-0.1, -0.05) is 17.7 Å². The molecule has 4 nitrogen and oxygen atoms in total. The smallest absolute Gasteiger partial charge is 0.234 e. The summed E-state index contributed by atoms with van der Waals surface area (Å²) in [5.41, 5.74) is 0.699. The van der Waals surface area contributed by atoms with Crippen LogP contribution in [0.1, 0.15) is 5.56 Å². The number of nitrogens with zero attached hydrogens (tertiary/aromatic N) is 2. The molecule has 3 rings (SSSR count). The van der Waals surface area contributed by atoms with E-state index in [9.17, 15) is 17.2 Å². The van der Waals surface area contributed by atoms with Gasteiger partial charge in [0.2, 0.25) is 5.95 Å². The lowest BCUT2D eigenvalue weighted by atomic mass is 10.2. The molecular weight excluding hydrogens is 378 g/mol. The summed E-state index contributed by atoms with van der Waals surface area (Å²) in [7, 11) is -4.18. The summed E-state index contributed by atoms with van der Waals surface area (Å²) in [6.45, 7) is 1.81. The Hall–Kier alpha value is -1.80. The molecule has 2 aromatic heterocycles. The predicted octanol–water partition coefficient (Wildman–Crippen LogP) is 3.62. The van der Waals surface area contributed by atoms with Gasteiger partial charge in [0.25, 0.3) is 10.0 Å². The molecule has 22 heavy (non-hydrogen) atoms. The summed E-state index contributed by atoms with van der Waals surface area (Å²) in [5.74, 6) is -1.73. The van der Waals surface area contributed by atoms with Crippen LogP contribution in [0.25, 0.3) is 11.0 Å². The van der Waals surface area contributed by atoms with Crippen molar-refractivity contribution >= 4 is 37.0 Å². The Labute approximate surface area is 133 Å². The summed E-state index contributed by atoms with van der Waals surface area (Å²) in [5, 5.41) is 0.0492. The standard InChI is InChI=1S/C14H9BrF2N2O2S/c1-8-2-4-10(5-3-8)22(20,21)19-13(17)12(15)11-6-9(16)7-18-14(11)19/h2-7H,1H3. The van der Waals surface area contributed by atoms with E-state index >= 15 is 0 Å². The van der Waals surface area contributed by atoms with E-state index in [1.165, 1.54) is 12.1 Å². The number of rotatable bonds is 2. The fourth-order valence-electron chi connectivity index (χ4n) is 2.08. The van der Waals surface area contributed by atoms with Crippen molar-refractivity contribution < 1.29 is 17.2 Å². The number of aryl methyl sites for hydroxylation is 1. The Bertz CT molecular complexity index is 982. The molecule has 0 spiro atoms. The van der Waals surface area contributed by atoms with Crippen molar-refractivity contribution in [2.24, 2.45) is 0 Å². The number of fused-ring (bicyclic) bond motifs is 1. The van der Waals surface area contributed by atoms with Crippen LogP contribution in [0.2, 0.25) is 0 Å².